The molecule has 0 amide bonds. The number of hydrogen-bond donors (Lipinski definition) is 0. The zero-order valence-corrected chi connectivity index (χ0v) is 12.3. The molecule has 23 heavy (non-hydrogen) atoms. The third-order valence-electron chi connectivity index (χ3n) is 3.79. The first-order chi connectivity index (χ1) is 11.3. The van der Waals surface area contributed by atoms with E-state index in [0.717, 1.165) is 16.8 Å². The van der Waals surface area contributed by atoms with Crippen LogP contribution in [0.3, 0.4) is 0 Å². The van der Waals surface area contributed by atoms with Gasteiger partial charge in [0.05, 0.1) is 29.5 Å². The predicted octanol–water partition coefficient (Wildman–Crippen LogP) is 2.63. The van der Waals surface area contributed by atoms with Crippen molar-refractivity contribution in [3.63, 3.8) is 0 Å². The van der Waals surface area contributed by atoms with E-state index in [-0.39, 0.29) is 5.56 Å². The second-order valence-electron chi connectivity index (χ2n) is 5.31. The Morgan fingerprint density at radius 1 is 0.957 bits per heavy atom. The molecule has 0 aliphatic heterocycles. The Morgan fingerprint density at radius 3 is 2.57 bits per heavy atom. The molecule has 5 heteroatoms. The molecule has 0 unspecified atom stereocenters. The van der Waals surface area contributed by atoms with Crippen molar-refractivity contribution in [1.29, 1.82) is 0 Å². The van der Waals surface area contributed by atoms with E-state index in [9.17, 15) is 4.79 Å². The fraction of sp³-hybridized carbons (Fsp3) is 0.0556. The number of fused-ring (bicyclic) bond motifs is 1. The molecule has 112 valence electrons. The minimum atomic E-state index is -0.0215. The van der Waals surface area contributed by atoms with Gasteiger partial charge in [0.1, 0.15) is 0 Å². The van der Waals surface area contributed by atoms with Gasteiger partial charge in [0.2, 0.25) is 0 Å². The number of nitrogens with zero attached hydrogens (tertiary/aromatic N) is 4. The van der Waals surface area contributed by atoms with Crippen molar-refractivity contribution < 1.29 is 0 Å². The van der Waals surface area contributed by atoms with Gasteiger partial charge in [-0.25, -0.2) is 9.67 Å². The highest BCUT2D eigenvalue weighted by molar-refractivity contribution is 5.76. The molecule has 0 N–H and O–H groups in total. The summed E-state index contributed by atoms with van der Waals surface area (Å²) in [6.45, 7) is 0.496. The van der Waals surface area contributed by atoms with E-state index in [4.69, 9.17) is 0 Å². The highest BCUT2D eigenvalue weighted by Gasteiger charge is 2.04. The molecule has 0 aliphatic carbocycles. The molecule has 0 aliphatic rings. The van der Waals surface area contributed by atoms with Crippen LogP contribution < -0.4 is 5.56 Å². The molecule has 0 bridgehead atoms. The Kier molecular flexibility index (Phi) is 3.24. The Morgan fingerprint density at radius 2 is 1.78 bits per heavy atom. The normalized spacial score (nSPS) is 11.0. The second kappa shape index (κ2) is 5.53. The molecule has 5 nitrogen and oxygen atoms in total. The van der Waals surface area contributed by atoms with Gasteiger partial charge < -0.3 is 0 Å². The number of aromatic nitrogens is 4. The summed E-state index contributed by atoms with van der Waals surface area (Å²) in [5.74, 6) is 0. The molecule has 2 aromatic heterocycles. The number of para-hydroxylation sites is 1. The van der Waals surface area contributed by atoms with E-state index in [1.165, 1.54) is 0 Å². The molecule has 4 aromatic rings. The standard InChI is InChI=1S/C18H14N4O/c23-18-16-4-1-2-5-17(16)19-13-21(18)12-14-6-8-15(9-7-14)22-11-3-10-20-22/h1-11,13H,12H2. The van der Waals surface area contributed by atoms with Crippen molar-refractivity contribution in [2.45, 2.75) is 6.54 Å². The maximum Gasteiger partial charge on any atom is 0.261 e. The van der Waals surface area contributed by atoms with Crippen LogP contribution in [0.1, 0.15) is 5.56 Å². The molecular formula is C18H14N4O. The molecule has 2 heterocycles. The fourth-order valence-corrected chi connectivity index (χ4v) is 2.59. The van der Waals surface area contributed by atoms with Gasteiger partial charge in [-0.2, -0.15) is 5.10 Å². The first-order valence-corrected chi connectivity index (χ1v) is 7.34. The average molecular weight is 302 g/mol. The SMILES string of the molecule is O=c1c2ccccc2ncn1Cc1ccc(-n2cccn2)cc1. The van der Waals surface area contributed by atoms with Gasteiger partial charge in [0, 0.05) is 12.4 Å². The van der Waals surface area contributed by atoms with Crippen LogP contribution in [0.5, 0.6) is 0 Å². The van der Waals surface area contributed by atoms with Gasteiger partial charge in [0.25, 0.3) is 5.56 Å². The lowest BCUT2D eigenvalue weighted by molar-refractivity contribution is 0.747. The van der Waals surface area contributed by atoms with Crippen LogP contribution >= 0.6 is 0 Å². The van der Waals surface area contributed by atoms with E-state index in [2.05, 4.69) is 10.1 Å². The Labute approximate surface area is 132 Å². The van der Waals surface area contributed by atoms with Gasteiger partial charge in [-0.1, -0.05) is 24.3 Å². The lowest BCUT2D eigenvalue weighted by atomic mass is 10.2. The van der Waals surface area contributed by atoms with Crippen molar-refractivity contribution in [3.05, 3.63) is 89.2 Å². The summed E-state index contributed by atoms with van der Waals surface area (Å²) in [6.07, 6.45) is 5.24. The average Bonchev–Trinajstić information content (AvgIpc) is 3.13. The van der Waals surface area contributed by atoms with Crippen LogP contribution in [0.25, 0.3) is 16.6 Å². The lowest BCUT2D eigenvalue weighted by Crippen LogP contribution is -2.21. The summed E-state index contributed by atoms with van der Waals surface area (Å²) in [5.41, 5.74) is 2.73. The summed E-state index contributed by atoms with van der Waals surface area (Å²) >= 11 is 0. The lowest BCUT2D eigenvalue weighted by Gasteiger charge is -2.08. The van der Waals surface area contributed by atoms with Gasteiger partial charge in [-0.3, -0.25) is 9.36 Å². The van der Waals surface area contributed by atoms with Crippen LogP contribution in [0.15, 0.2) is 78.1 Å². The Hall–Kier alpha value is -3.21. The highest BCUT2D eigenvalue weighted by Crippen LogP contribution is 2.10. The van der Waals surface area contributed by atoms with Crippen molar-refractivity contribution in [1.82, 2.24) is 19.3 Å². The Balaban J connectivity index is 1.66. The van der Waals surface area contributed by atoms with E-state index < -0.39 is 0 Å². The quantitative estimate of drug-likeness (QED) is 0.584. The minimum Gasteiger partial charge on any atom is -0.294 e. The van der Waals surface area contributed by atoms with Gasteiger partial charge >= 0.3 is 0 Å². The van der Waals surface area contributed by atoms with E-state index in [1.54, 1.807) is 21.8 Å². The molecule has 0 fully saturated rings. The second-order valence-corrected chi connectivity index (χ2v) is 5.31. The summed E-state index contributed by atoms with van der Waals surface area (Å²) in [6, 6.07) is 17.2. The maximum atomic E-state index is 12.5. The van der Waals surface area contributed by atoms with E-state index in [0.29, 0.717) is 11.9 Å². The van der Waals surface area contributed by atoms with Gasteiger partial charge in [-0.05, 0) is 35.9 Å². The van der Waals surface area contributed by atoms with Gasteiger partial charge in [-0.15, -0.1) is 0 Å². The highest BCUT2D eigenvalue weighted by atomic mass is 16.1. The van der Waals surface area contributed by atoms with Crippen LogP contribution in [-0.4, -0.2) is 19.3 Å². The largest absolute Gasteiger partial charge is 0.294 e. The molecule has 0 atom stereocenters. The topological polar surface area (TPSA) is 52.7 Å². The van der Waals surface area contributed by atoms with Crippen LogP contribution in [0.4, 0.5) is 0 Å². The number of hydrogen-bond acceptors (Lipinski definition) is 3. The molecule has 0 saturated carbocycles. The predicted molar refractivity (Wildman–Crippen MR) is 88.7 cm³/mol. The first-order valence-electron chi connectivity index (χ1n) is 7.34. The molecule has 0 spiro atoms. The summed E-state index contributed by atoms with van der Waals surface area (Å²) in [5, 5.41) is 4.84. The minimum absolute atomic E-state index is 0.0215. The third kappa shape index (κ3) is 2.53. The summed E-state index contributed by atoms with van der Waals surface area (Å²) < 4.78 is 3.43. The molecule has 4 rings (SSSR count). The monoisotopic (exact) mass is 302 g/mol. The van der Waals surface area contributed by atoms with Crippen LogP contribution in [0, 0.1) is 0 Å². The van der Waals surface area contributed by atoms with E-state index >= 15 is 0 Å². The summed E-state index contributed by atoms with van der Waals surface area (Å²) in [4.78, 5) is 16.8. The molecular weight excluding hydrogens is 288 g/mol. The zero-order chi connectivity index (χ0) is 15.6. The first kappa shape index (κ1) is 13.5. The smallest absolute Gasteiger partial charge is 0.261 e. The van der Waals surface area contributed by atoms with Crippen molar-refractivity contribution in [2.75, 3.05) is 0 Å². The maximum absolute atomic E-state index is 12.5. The van der Waals surface area contributed by atoms with Crippen molar-refractivity contribution >= 4 is 10.9 Å². The number of rotatable bonds is 3. The van der Waals surface area contributed by atoms with Gasteiger partial charge in [0.15, 0.2) is 0 Å². The fourth-order valence-electron chi connectivity index (χ4n) is 2.59. The number of benzene rings is 2. The van der Waals surface area contributed by atoms with E-state index in [1.807, 2.05) is 60.8 Å². The third-order valence-corrected chi connectivity index (χ3v) is 3.79. The van der Waals surface area contributed by atoms with Crippen LogP contribution in [0.2, 0.25) is 0 Å². The molecule has 0 saturated heterocycles. The van der Waals surface area contributed by atoms with Crippen LogP contribution in [-0.2, 0) is 6.54 Å². The zero-order valence-electron chi connectivity index (χ0n) is 12.3. The van der Waals surface area contributed by atoms with Crippen molar-refractivity contribution in [2.24, 2.45) is 0 Å². The molecule has 2 aromatic carbocycles. The Bertz CT molecular complexity index is 1000. The van der Waals surface area contributed by atoms with Crippen molar-refractivity contribution in [3.8, 4) is 5.69 Å². The molecule has 0 radical (unpaired) electrons. The summed E-state index contributed by atoms with van der Waals surface area (Å²) in [7, 11) is 0.